The Labute approximate surface area is 131 Å². The van der Waals surface area contributed by atoms with E-state index in [1.165, 1.54) is 27.7 Å². The largest absolute Gasteiger partial charge is 0.347 e. The number of nitrogens with one attached hydrogen (secondary N) is 1. The third-order valence-electron chi connectivity index (χ3n) is 5.00. The van der Waals surface area contributed by atoms with Gasteiger partial charge in [0, 0.05) is 29.6 Å². The number of aromatic nitrogens is 1. The molecule has 2 aromatic rings. The van der Waals surface area contributed by atoms with Crippen LogP contribution in [-0.2, 0) is 30.1 Å². The molecule has 1 atom stereocenters. The molecule has 1 aromatic carbocycles. The van der Waals surface area contributed by atoms with Crippen molar-refractivity contribution in [2.45, 2.75) is 45.4 Å². The summed E-state index contributed by atoms with van der Waals surface area (Å²) in [5, 5.41) is 1.29. The molecule has 1 unspecified atom stereocenters. The SMILES string of the molecule is Cn1c2c(c3cc(C(C)(C)C)ccc31)CC(C(=O)NN)CC2. The molecule has 0 fully saturated rings. The van der Waals surface area contributed by atoms with Gasteiger partial charge in [-0.3, -0.25) is 10.2 Å². The summed E-state index contributed by atoms with van der Waals surface area (Å²) in [4.78, 5) is 11.9. The van der Waals surface area contributed by atoms with Gasteiger partial charge in [-0.1, -0.05) is 26.8 Å². The summed E-state index contributed by atoms with van der Waals surface area (Å²) in [6.45, 7) is 6.69. The molecule has 4 heteroatoms. The number of benzene rings is 1. The van der Waals surface area contributed by atoms with Crippen LogP contribution < -0.4 is 11.3 Å². The van der Waals surface area contributed by atoms with E-state index < -0.39 is 0 Å². The van der Waals surface area contributed by atoms with E-state index in [0.717, 1.165) is 19.3 Å². The van der Waals surface area contributed by atoms with Crippen LogP contribution in [0.3, 0.4) is 0 Å². The molecule has 0 aliphatic heterocycles. The van der Waals surface area contributed by atoms with Crippen molar-refractivity contribution in [2.75, 3.05) is 0 Å². The van der Waals surface area contributed by atoms with Crippen molar-refractivity contribution < 1.29 is 4.79 Å². The summed E-state index contributed by atoms with van der Waals surface area (Å²) in [7, 11) is 2.13. The molecule has 4 nitrogen and oxygen atoms in total. The average molecular weight is 299 g/mol. The standard InChI is InChI=1S/C18H25N3O/c1-18(2,3)12-6-8-16-14(10-12)13-9-11(17(22)20-19)5-7-15(13)21(16)4/h6,8,10-11H,5,7,9,19H2,1-4H3,(H,20,22). The summed E-state index contributed by atoms with van der Waals surface area (Å²) in [6, 6.07) is 6.74. The molecule has 1 heterocycles. The Balaban J connectivity index is 2.13. The summed E-state index contributed by atoms with van der Waals surface area (Å²) in [5.41, 5.74) is 7.71. The first-order valence-corrected chi connectivity index (χ1v) is 7.94. The number of carbonyl (C=O) groups is 1. The number of amides is 1. The highest BCUT2D eigenvalue weighted by atomic mass is 16.2. The molecule has 118 valence electrons. The third-order valence-corrected chi connectivity index (χ3v) is 5.00. The monoisotopic (exact) mass is 299 g/mol. The smallest absolute Gasteiger partial charge is 0.237 e. The number of aryl methyl sites for hydroxylation is 1. The van der Waals surface area contributed by atoms with Gasteiger partial charge in [0.05, 0.1) is 0 Å². The summed E-state index contributed by atoms with van der Waals surface area (Å²) < 4.78 is 2.29. The van der Waals surface area contributed by atoms with Crippen LogP contribution in [0.4, 0.5) is 0 Å². The van der Waals surface area contributed by atoms with Gasteiger partial charge in [-0.25, -0.2) is 5.84 Å². The molecular weight excluding hydrogens is 274 g/mol. The van der Waals surface area contributed by atoms with E-state index in [0.29, 0.717) is 0 Å². The Morgan fingerprint density at radius 1 is 1.36 bits per heavy atom. The van der Waals surface area contributed by atoms with Crippen LogP contribution in [0.1, 0.15) is 44.0 Å². The highest BCUT2D eigenvalue weighted by molar-refractivity contribution is 5.88. The zero-order chi connectivity index (χ0) is 16.1. The normalized spacial score (nSPS) is 18.3. The lowest BCUT2D eigenvalue weighted by Crippen LogP contribution is -2.38. The summed E-state index contributed by atoms with van der Waals surface area (Å²) in [5.74, 6) is 5.26. The second kappa shape index (κ2) is 5.13. The van der Waals surface area contributed by atoms with Crippen molar-refractivity contribution in [3.63, 3.8) is 0 Å². The van der Waals surface area contributed by atoms with Crippen LogP contribution in [0.25, 0.3) is 10.9 Å². The Kier molecular flexibility index (Phi) is 3.52. The number of nitrogens with zero attached hydrogens (tertiary/aromatic N) is 1. The van der Waals surface area contributed by atoms with E-state index in [4.69, 9.17) is 5.84 Å². The van der Waals surface area contributed by atoms with E-state index >= 15 is 0 Å². The average Bonchev–Trinajstić information content (AvgIpc) is 2.78. The fourth-order valence-corrected chi connectivity index (χ4v) is 3.59. The number of hydrogen-bond acceptors (Lipinski definition) is 2. The minimum Gasteiger partial charge on any atom is -0.347 e. The van der Waals surface area contributed by atoms with Gasteiger partial charge in [0.25, 0.3) is 0 Å². The van der Waals surface area contributed by atoms with Crippen molar-refractivity contribution >= 4 is 16.8 Å². The van der Waals surface area contributed by atoms with Crippen LogP contribution in [-0.4, -0.2) is 10.5 Å². The van der Waals surface area contributed by atoms with E-state index in [1.54, 1.807) is 0 Å². The van der Waals surface area contributed by atoms with Gasteiger partial charge in [0.2, 0.25) is 5.91 Å². The Morgan fingerprint density at radius 2 is 2.09 bits per heavy atom. The molecule has 0 radical (unpaired) electrons. The molecule has 0 spiro atoms. The van der Waals surface area contributed by atoms with Crippen LogP contribution >= 0.6 is 0 Å². The van der Waals surface area contributed by atoms with E-state index in [1.807, 2.05) is 0 Å². The minimum atomic E-state index is -0.0466. The number of carbonyl (C=O) groups excluding carboxylic acids is 1. The number of rotatable bonds is 1. The van der Waals surface area contributed by atoms with Gasteiger partial charge in [0.1, 0.15) is 0 Å². The number of hydrogen-bond donors (Lipinski definition) is 2. The number of fused-ring (bicyclic) bond motifs is 3. The first-order valence-electron chi connectivity index (χ1n) is 7.94. The fourth-order valence-electron chi connectivity index (χ4n) is 3.59. The fraction of sp³-hybridized carbons (Fsp3) is 0.500. The van der Waals surface area contributed by atoms with E-state index in [9.17, 15) is 4.79 Å². The number of nitrogens with two attached hydrogens (primary N) is 1. The molecule has 1 aliphatic carbocycles. The van der Waals surface area contributed by atoms with Gasteiger partial charge in [-0.15, -0.1) is 0 Å². The third kappa shape index (κ3) is 2.31. The topological polar surface area (TPSA) is 60.0 Å². The predicted octanol–water partition coefficient (Wildman–Crippen LogP) is 2.57. The van der Waals surface area contributed by atoms with Crippen LogP contribution in [0.5, 0.6) is 0 Å². The lowest BCUT2D eigenvalue weighted by atomic mass is 9.83. The Hall–Kier alpha value is -1.81. The molecule has 0 saturated carbocycles. The molecule has 0 bridgehead atoms. The summed E-state index contributed by atoms with van der Waals surface area (Å²) >= 11 is 0. The zero-order valence-electron chi connectivity index (χ0n) is 13.9. The maximum absolute atomic E-state index is 11.9. The number of hydrazine groups is 1. The molecular formula is C18H25N3O. The predicted molar refractivity (Wildman–Crippen MR) is 89.5 cm³/mol. The van der Waals surface area contributed by atoms with Gasteiger partial charge >= 0.3 is 0 Å². The summed E-state index contributed by atoms with van der Waals surface area (Å²) in [6.07, 6.45) is 2.58. The van der Waals surface area contributed by atoms with E-state index in [2.05, 4.69) is 56.0 Å². The van der Waals surface area contributed by atoms with Crippen molar-refractivity contribution in [3.05, 3.63) is 35.0 Å². The maximum Gasteiger partial charge on any atom is 0.237 e. The molecule has 3 N–H and O–H groups in total. The van der Waals surface area contributed by atoms with Crippen molar-refractivity contribution in [1.29, 1.82) is 0 Å². The highest BCUT2D eigenvalue weighted by Crippen LogP contribution is 2.36. The zero-order valence-corrected chi connectivity index (χ0v) is 13.9. The van der Waals surface area contributed by atoms with Crippen molar-refractivity contribution in [2.24, 2.45) is 18.8 Å². The lowest BCUT2D eigenvalue weighted by Gasteiger charge is -2.22. The Bertz CT molecular complexity index is 737. The second-order valence-electron chi connectivity index (χ2n) is 7.41. The molecule has 22 heavy (non-hydrogen) atoms. The van der Waals surface area contributed by atoms with Crippen LogP contribution in [0, 0.1) is 5.92 Å². The molecule has 1 amide bonds. The first-order chi connectivity index (χ1) is 10.3. The second-order valence-corrected chi connectivity index (χ2v) is 7.41. The van der Waals surface area contributed by atoms with Gasteiger partial charge < -0.3 is 4.57 Å². The van der Waals surface area contributed by atoms with Crippen molar-refractivity contribution in [3.8, 4) is 0 Å². The van der Waals surface area contributed by atoms with Crippen LogP contribution in [0.15, 0.2) is 18.2 Å². The molecule has 0 saturated heterocycles. The quantitative estimate of drug-likeness (QED) is 0.483. The Morgan fingerprint density at radius 3 is 2.73 bits per heavy atom. The van der Waals surface area contributed by atoms with Gasteiger partial charge in [-0.2, -0.15) is 0 Å². The molecule has 1 aromatic heterocycles. The molecule has 1 aliphatic rings. The van der Waals surface area contributed by atoms with Crippen molar-refractivity contribution in [1.82, 2.24) is 9.99 Å². The lowest BCUT2D eigenvalue weighted by molar-refractivity contribution is -0.125. The van der Waals surface area contributed by atoms with Gasteiger partial charge in [-0.05, 0) is 47.9 Å². The molecule has 3 rings (SSSR count). The maximum atomic E-state index is 11.9. The first kappa shape index (κ1) is 15.1. The van der Waals surface area contributed by atoms with Crippen LogP contribution in [0.2, 0.25) is 0 Å². The van der Waals surface area contributed by atoms with Gasteiger partial charge in [0.15, 0.2) is 0 Å². The highest BCUT2D eigenvalue weighted by Gasteiger charge is 2.28. The van der Waals surface area contributed by atoms with E-state index in [-0.39, 0.29) is 17.2 Å². The minimum absolute atomic E-state index is 0.0126.